The van der Waals surface area contributed by atoms with Crippen molar-refractivity contribution in [1.29, 1.82) is 0 Å². The minimum atomic E-state index is -0.702. The minimum absolute atomic E-state index is 0.180. The van der Waals surface area contributed by atoms with Gasteiger partial charge in [-0.05, 0) is 23.8 Å². The highest BCUT2D eigenvalue weighted by atomic mass is 32.1. The molecule has 0 aliphatic heterocycles. The molecule has 2 rings (SSSR count). The number of benzene rings is 2. The van der Waals surface area contributed by atoms with Gasteiger partial charge in [0.15, 0.2) is 0 Å². The van der Waals surface area contributed by atoms with E-state index >= 15 is 0 Å². The summed E-state index contributed by atoms with van der Waals surface area (Å²) in [7, 11) is 0. The van der Waals surface area contributed by atoms with E-state index in [0.29, 0.717) is 0 Å². The first-order chi connectivity index (χ1) is 8.11. The van der Waals surface area contributed by atoms with E-state index in [1.54, 1.807) is 12.1 Å². The van der Waals surface area contributed by atoms with Crippen molar-refractivity contribution < 1.29 is 13.6 Å². The van der Waals surface area contributed by atoms with E-state index in [0.717, 1.165) is 12.1 Å². The average molecular weight is 250 g/mol. The third kappa shape index (κ3) is 2.22. The molecule has 17 heavy (non-hydrogen) atoms. The van der Waals surface area contributed by atoms with Crippen LogP contribution in [0.1, 0.15) is 10.4 Å². The molecule has 0 saturated heterocycles. The lowest BCUT2D eigenvalue weighted by molar-refractivity contribution is 0.109. The van der Waals surface area contributed by atoms with Gasteiger partial charge in [-0.25, -0.2) is 8.78 Å². The summed E-state index contributed by atoms with van der Waals surface area (Å²) in [6, 6.07) is 9.78. The lowest BCUT2D eigenvalue weighted by atomic mass is 9.99. The first kappa shape index (κ1) is 11.8. The van der Waals surface area contributed by atoms with Gasteiger partial charge in [-0.3, -0.25) is 4.79 Å². The molecule has 2 aromatic rings. The third-order valence-corrected chi connectivity index (χ3v) is 2.63. The van der Waals surface area contributed by atoms with Crippen LogP contribution in [-0.2, 0) is 0 Å². The van der Waals surface area contributed by atoms with Crippen LogP contribution in [0.25, 0.3) is 11.1 Å². The lowest BCUT2D eigenvalue weighted by Gasteiger charge is -2.08. The number of carbonyl (C=O) groups excluding carboxylic acids is 1. The number of carbonyl (C=O) groups is 1. The van der Waals surface area contributed by atoms with Crippen LogP contribution < -0.4 is 0 Å². The highest BCUT2D eigenvalue weighted by Gasteiger charge is 2.16. The Morgan fingerprint density at radius 2 is 1.53 bits per heavy atom. The highest BCUT2D eigenvalue weighted by Crippen LogP contribution is 2.29. The van der Waals surface area contributed by atoms with Crippen molar-refractivity contribution in [3.05, 3.63) is 59.7 Å². The van der Waals surface area contributed by atoms with Crippen LogP contribution >= 0.6 is 12.6 Å². The first-order valence-corrected chi connectivity index (χ1v) is 5.32. The maximum atomic E-state index is 13.6. The molecule has 0 saturated carbocycles. The molecule has 0 fully saturated rings. The van der Waals surface area contributed by atoms with Gasteiger partial charge in [-0.2, -0.15) is 0 Å². The second kappa shape index (κ2) is 4.67. The molecule has 86 valence electrons. The Labute approximate surface area is 103 Å². The fourth-order valence-corrected chi connectivity index (χ4v) is 1.84. The maximum absolute atomic E-state index is 13.6. The fourth-order valence-electron chi connectivity index (χ4n) is 1.64. The van der Waals surface area contributed by atoms with E-state index < -0.39 is 16.7 Å². The average Bonchev–Trinajstić information content (AvgIpc) is 2.29. The summed E-state index contributed by atoms with van der Waals surface area (Å²) in [4.78, 5) is 11.3. The van der Waals surface area contributed by atoms with Crippen molar-refractivity contribution in [1.82, 2.24) is 0 Å². The van der Waals surface area contributed by atoms with Gasteiger partial charge in [0.2, 0.25) is 5.12 Å². The molecule has 0 aromatic heterocycles. The quantitative estimate of drug-likeness (QED) is 0.804. The van der Waals surface area contributed by atoms with Crippen molar-refractivity contribution in [2.75, 3.05) is 0 Å². The number of hydrogen-bond acceptors (Lipinski definition) is 1. The van der Waals surface area contributed by atoms with E-state index in [9.17, 15) is 13.6 Å². The number of thiol groups is 1. The van der Waals surface area contributed by atoms with E-state index in [4.69, 9.17) is 0 Å². The molecule has 2 aromatic carbocycles. The van der Waals surface area contributed by atoms with Gasteiger partial charge < -0.3 is 0 Å². The van der Waals surface area contributed by atoms with Gasteiger partial charge in [-0.15, -0.1) is 12.6 Å². The second-order valence-corrected chi connectivity index (χ2v) is 3.85. The van der Waals surface area contributed by atoms with Crippen LogP contribution in [-0.4, -0.2) is 5.12 Å². The van der Waals surface area contributed by atoms with Gasteiger partial charge in [0.1, 0.15) is 11.6 Å². The molecular formula is C13H8F2OS. The van der Waals surface area contributed by atoms with E-state index in [-0.39, 0.29) is 16.7 Å². The molecule has 4 heteroatoms. The monoisotopic (exact) mass is 250 g/mol. The zero-order valence-electron chi connectivity index (χ0n) is 8.65. The molecular weight excluding hydrogens is 242 g/mol. The largest absolute Gasteiger partial charge is 0.282 e. The minimum Gasteiger partial charge on any atom is -0.282 e. The summed E-state index contributed by atoms with van der Waals surface area (Å²) in [6.45, 7) is 0. The van der Waals surface area contributed by atoms with E-state index in [2.05, 4.69) is 12.6 Å². The number of rotatable bonds is 2. The second-order valence-electron chi connectivity index (χ2n) is 3.45. The Kier molecular flexibility index (Phi) is 3.24. The van der Waals surface area contributed by atoms with E-state index in [1.807, 2.05) is 0 Å². The molecule has 0 bridgehead atoms. The van der Waals surface area contributed by atoms with Crippen molar-refractivity contribution in [2.24, 2.45) is 0 Å². The zero-order chi connectivity index (χ0) is 12.4. The van der Waals surface area contributed by atoms with Crippen LogP contribution in [0.5, 0.6) is 0 Å². The number of hydrogen-bond donors (Lipinski definition) is 1. The third-order valence-electron chi connectivity index (χ3n) is 2.39. The van der Waals surface area contributed by atoms with Crippen LogP contribution in [0.2, 0.25) is 0 Å². The van der Waals surface area contributed by atoms with Crippen molar-refractivity contribution in [3.8, 4) is 11.1 Å². The van der Waals surface area contributed by atoms with Gasteiger partial charge in [0, 0.05) is 5.56 Å². The molecule has 0 heterocycles. The summed E-state index contributed by atoms with van der Waals surface area (Å²) in [5, 5.41) is -0.525. The molecule has 0 radical (unpaired) electrons. The summed E-state index contributed by atoms with van der Waals surface area (Å²) >= 11 is 3.69. The molecule has 0 unspecified atom stereocenters. The van der Waals surface area contributed by atoms with E-state index in [1.165, 1.54) is 18.2 Å². The number of halogens is 2. The van der Waals surface area contributed by atoms with Crippen LogP contribution in [0.15, 0.2) is 42.5 Å². The SMILES string of the molecule is O=C(S)c1ccccc1-c1c(F)cccc1F. The van der Waals surface area contributed by atoms with Crippen molar-refractivity contribution in [2.45, 2.75) is 0 Å². The fraction of sp³-hybridized carbons (Fsp3) is 0. The molecule has 0 aliphatic rings. The van der Waals surface area contributed by atoms with Gasteiger partial charge in [-0.1, -0.05) is 24.3 Å². The molecule has 0 amide bonds. The lowest BCUT2D eigenvalue weighted by Crippen LogP contribution is -1.97. The van der Waals surface area contributed by atoms with Gasteiger partial charge in [0.25, 0.3) is 0 Å². The zero-order valence-corrected chi connectivity index (χ0v) is 9.55. The summed E-state index contributed by atoms with van der Waals surface area (Å²) in [5.74, 6) is -1.40. The predicted octanol–water partition coefficient (Wildman–Crippen LogP) is 3.70. The normalized spacial score (nSPS) is 10.3. The Morgan fingerprint density at radius 3 is 2.12 bits per heavy atom. The van der Waals surface area contributed by atoms with Gasteiger partial charge in [0.05, 0.1) is 5.56 Å². The Bertz CT molecular complexity index is 561. The molecule has 0 N–H and O–H groups in total. The summed E-state index contributed by atoms with van der Waals surface area (Å²) in [5.41, 5.74) is 0.188. The molecule has 0 aliphatic carbocycles. The maximum Gasteiger partial charge on any atom is 0.216 e. The van der Waals surface area contributed by atoms with Gasteiger partial charge >= 0.3 is 0 Å². The van der Waals surface area contributed by atoms with Crippen LogP contribution in [0, 0.1) is 11.6 Å². The smallest absolute Gasteiger partial charge is 0.216 e. The molecule has 0 atom stereocenters. The van der Waals surface area contributed by atoms with Crippen molar-refractivity contribution >= 4 is 17.7 Å². The summed E-state index contributed by atoms with van der Waals surface area (Å²) < 4.78 is 27.2. The Balaban J connectivity index is 2.73. The first-order valence-electron chi connectivity index (χ1n) is 4.88. The topological polar surface area (TPSA) is 17.1 Å². The predicted molar refractivity (Wildman–Crippen MR) is 65.1 cm³/mol. The Hall–Kier alpha value is -1.68. The summed E-state index contributed by atoms with van der Waals surface area (Å²) in [6.07, 6.45) is 0. The highest BCUT2D eigenvalue weighted by molar-refractivity contribution is 7.97. The molecule has 1 nitrogen and oxygen atoms in total. The van der Waals surface area contributed by atoms with Crippen LogP contribution in [0.3, 0.4) is 0 Å². The molecule has 0 spiro atoms. The van der Waals surface area contributed by atoms with Crippen molar-refractivity contribution in [3.63, 3.8) is 0 Å². The van der Waals surface area contributed by atoms with Crippen LogP contribution in [0.4, 0.5) is 8.78 Å². The standard InChI is InChI=1S/C13H8F2OS/c14-10-6-3-7-11(15)12(10)8-4-1-2-5-9(8)13(16)17/h1-7H,(H,16,17). The Morgan fingerprint density at radius 1 is 0.941 bits per heavy atom.